The van der Waals surface area contributed by atoms with Crippen LogP contribution in [0.15, 0.2) is 65.7 Å². The Morgan fingerprint density at radius 2 is 1.53 bits per heavy atom. The molecule has 0 fully saturated rings. The number of hydrogen-bond donors (Lipinski definition) is 0. The van der Waals surface area contributed by atoms with E-state index >= 15 is 0 Å². The van der Waals surface area contributed by atoms with Crippen LogP contribution in [0.2, 0.25) is 0 Å². The third kappa shape index (κ3) is 3.76. The number of rotatable bonds is 4. The lowest BCUT2D eigenvalue weighted by molar-refractivity contribution is 0.104. The van der Waals surface area contributed by atoms with Crippen molar-refractivity contribution in [2.75, 3.05) is 0 Å². The molecule has 0 atom stereocenters. The van der Waals surface area contributed by atoms with Gasteiger partial charge in [-0.05, 0) is 29.3 Å². The number of benzene rings is 2. The number of allylic oxidation sites excluding steroid dienone is 1. The maximum absolute atomic E-state index is 12.0. The van der Waals surface area contributed by atoms with Crippen LogP contribution in [0.5, 0.6) is 0 Å². The fraction of sp³-hybridized carbons (Fsp3) is 0. The molecule has 1 nitrogen and oxygen atoms in total. The molecule has 2 aromatic rings. The van der Waals surface area contributed by atoms with Crippen molar-refractivity contribution >= 4 is 33.9 Å². The van der Waals surface area contributed by atoms with Crippen molar-refractivity contribution in [1.82, 2.24) is 0 Å². The summed E-state index contributed by atoms with van der Waals surface area (Å²) in [4.78, 5) is 12.0. The Bertz CT molecular complexity index is 607. The first-order valence-corrected chi connectivity index (χ1v) is 6.69. The first-order chi connectivity index (χ1) is 9.19. The average molecular weight is 313 g/mol. The second-order valence-electron chi connectivity index (χ2n) is 4.08. The molecule has 0 spiro atoms. The molecule has 0 aliphatic carbocycles. The normalized spacial score (nSPS) is 10.6. The van der Waals surface area contributed by atoms with Crippen LogP contribution < -0.4 is 0 Å². The van der Waals surface area contributed by atoms with Crippen LogP contribution in [-0.4, -0.2) is 5.78 Å². The molecular weight excluding hydrogens is 300 g/mol. The van der Waals surface area contributed by atoms with Crippen LogP contribution in [0.3, 0.4) is 0 Å². The maximum Gasteiger partial charge on any atom is 0.185 e. The van der Waals surface area contributed by atoms with E-state index < -0.39 is 0 Å². The second kappa shape index (κ2) is 6.30. The summed E-state index contributed by atoms with van der Waals surface area (Å²) in [6.45, 7) is 3.69. The van der Waals surface area contributed by atoms with Crippen LogP contribution in [0.4, 0.5) is 0 Å². The Kier molecular flexibility index (Phi) is 4.48. The van der Waals surface area contributed by atoms with Crippen molar-refractivity contribution in [2.45, 2.75) is 0 Å². The molecule has 2 rings (SSSR count). The SMILES string of the molecule is C=Cc1ccc(C(=O)C=Cc2ccc(Br)cc2)cc1. The lowest BCUT2D eigenvalue weighted by Gasteiger charge is -1.97. The molecular formula is C17H13BrO. The zero-order valence-electron chi connectivity index (χ0n) is 10.3. The minimum atomic E-state index is -0.00136. The molecule has 0 saturated carbocycles. The molecule has 0 bridgehead atoms. The lowest BCUT2D eigenvalue weighted by Crippen LogP contribution is -1.93. The van der Waals surface area contributed by atoms with E-state index in [0.717, 1.165) is 15.6 Å². The fourth-order valence-corrected chi connectivity index (χ4v) is 1.89. The largest absolute Gasteiger partial charge is 0.289 e. The Morgan fingerprint density at radius 1 is 0.947 bits per heavy atom. The molecule has 0 amide bonds. The summed E-state index contributed by atoms with van der Waals surface area (Å²) in [5.41, 5.74) is 2.69. The number of carbonyl (C=O) groups is 1. The van der Waals surface area contributed by atoms with Gasteiger partial charge in [0.05, 0.1) is 0 Å². The predicted molar refractivity (Wildman–Crippen MR) is 84.0 cm³/mol. The number of ketones is 1. The number of carbonyl (C=O) groups excluding carboxylic acids is 1. The van der Waals surface area contributed by atoms with Crippen molar-refractivity contribution < 1.29 is 4.79 Å². The van der Waals surface area contributed by atoms with Gasteiger partial charge in [-0.25, -0.2) is 0 Å². The molecule has 94 valence electrons. The summed E-state index contributed by atoms with van der Waals surface area (Å²) in [5.74, 6) is -0.00136. The van der Waals surface area contributed by atoms with Crippen LogP contribution in [0, 0.1) is 0 Å². The lowest BCUT2D eigenvalue weighted by atomic mass is 10.1. The van der Waals surface area contributed by atoms with Crippen molar-refractivity contribution in [3.8, 4) is 0 Å². The highest BCUT2D eigenvalue weighted by molar-refractivity contribution is 9.10. The predicted octanol–water partition coefficient (Wildman–Crippen LogP) is 4.99. The van der Waals surface area contributed by atoms with E-state index in [0.29, 0.717) is 5.56 Å². The van der Waals surface area contributed by atoms with E-state index in [4.69, 9.17) is 0 Å². The van der Waals surface area contributed by atoms with Crippen LogP contribution in [0.25, 0.3) is 12.2 Å². The first-order valence-electron chi connectivity index (χ1n) is 5.89. The van der Waals surface area contributed by atoms with Crippen LogP contribution in [-0.2, 0) is 0 Å². The minimum Gasteiger partial charge on any atom is -0.289 e. The molecule has 0 unspecified atom stereocenters. The second-order valence-corrected chi connectivity index (χ2v) is 4.99. The summed E-state index contributed by atoms with van der Waals surface area (Å²) in [5, 5.41) is 0. The maximum atomic E-state index is 12.0. The van der Waals surface area contributed by atoms with Crippen LogP contribution >= 0.6 is 15.9 Å². The Labute approximate surface area is 121 Å². The van der Waals surface area contributed by atoms with Crippen molar-refractivity contribution in [1.29, 1.82) is 0 Å². The molecule has 2 heteroatoms. The number of halogens is 1. The Balaban J connectivity index is 2.11. The molecule has 19 heavy (non-hydrogen) atoms. The monoisotopic (exact) mass is 312 g/mol. The zero-order valence-corrected chi connectivity index (χ0v) is 11.9. The molecule has 0 N–H and O–H groups in total. The van der Waals surface area contributed by atoms with Gasteiger partial charge in [0.2, 0.25) is 0 Å². The van der Waals surface area contributed by atoms with Gasteiger partial charge in [-0.2, -0.15) is 0 Å². The summed E-state index contributed by atoms with van der Waals surface area (Å²) < 4.78 is 1.02. The van der Waals surface area contributed by atoms with Crippen molar-refractivity contribution in [2.24, 2.45) is 0 Å². The Hall–Kier alpha value is -1.93. The van der Waals surface area contributed by atoms with E-state index in [9.17, 15) is 4.79 Å². The van der Waals surface area contributed by atoms with Gasteiger partial charge in [-0.3, -0.25) is 4.79 Å². The van der Waals surface area contributed by atoms with Gasteiger partial charge >= 0.3 is 0 Å². The van der Waals surface area contributed by atoms with Gasteiger partial charge in [0.1, 0.15) is 0 Å². The summed E-state index contributed by atoms with van der Waals surface area (Å²) >= 11 is 3.38. The quantitative estimate of drug-likeness (QED) is 0.574. The number of hydrogen-bond acceptors (Lipinski definition) is 1. The Morgan fingerprint density at radius 3 is 2.11 bits per heavy atom. The standard InChI is InChI=1S/C17H13BrO/c1-2-13-3-8-15(9-4-13)17(19)12-7-14-5-10-16(18)11-6-14/h2-12H,1H2. The summed E-state index contributed by atoms with van der Waals surface area (Å²) in [6, 6.07) is 15.2. The highest BCUT2D eigenvalue weighted by atomic mass is 79.9. The summed E-state index contributed by atoms with van der Waals surface area (Å²) in [7, 11) is 0. The van der Waals surface area contributed by atoms with Gasteiger partial charge in [-0.1, -0.05) is 71.1 Å². The van der Waals surface area contributed by atoms with Gasteiger partial charge in [0.15, 0.2) is 5.78 Å². The molecule has 0 aliphatic heterocycles. The molecule has 0 heterocycles. The van der Waals surface area contributed by atoms with Gasteiger partial charge < -0.3 is 0 Å². The molecule has 2 aromatic carbocycles. The molecule has 0 saturated heterocycles. The zero-order chi connectivity index (χ0) is 13.7. The fourth-order valence-electron chi connectivity index (χ4n) is 1.63. The third-order valence-corrected chi connectivity index (χ3v) is 3.26. The van der Waals surface area contributed by atoms with Gasteiger partial charge in [0, 0.05) is 10.0 Å². The van der Waals surface area contributed by atoms with E-state index in [1.165, 1.54) is 0 Å². The van der Waals surface area contributed by atoms with E-state index in [2.05, 4.69) is 22.5 Å². The average Bonchev–Trinajstić information content (AvgIpc) is 2.46. The summed E-state index contributed by atoms with van der Waals surface area (Å²) in [6.07, 6.45) is 5.16. The van der Waals surface area contributed by atoms with Crippen molar-refractivity contribution in [3.05, 3.63) is 82.3 Å². The van der Waals surface area contributed by atoms with E-state index in [-0.39, 0.29) is 5.78 Å². The topological polar surface area (TPSA) is 17.1 Å². The molecule has 0 radical (unpaired) electrons. The molecule has 0 aromatic heterocycles. The molecule has 0 aliphatic rings. The van der Waals surface area contributed by atoms with E-state index in [1.807, 2.05) is 54.6 Å². The first kappa shape index (κ1) is 13.5. The third-order valence-electron chi connectivity index (χ3n) is 2.73. The van der Waals surface area contributed by atoms with Crippen LogP contribution in [0.1, 0.15) is 21.5 Å². The highest BCUT2D eigenvalue weighted by Crippen LogP contribution is 2.12. The van der Waals surface area contributed by atoms with E-state index in [1.54, 1.807) is 12.2 Å². The van der Waals surface area contributed by atoms with Crippen molar-refractivity contribution in [3.63, 3.8) is 0 Å². The van der Waals surface area contributed by atoms with Gasteiger partial charge in [-0.15, -0.1) is 0 Å². The van der Waals surface area contributed by atoms with Gasteiger partial charge in [0.25, 0.3) is 0 Å². The highest BCUT2D eigenvalue weighted by Gasteiger charge is 2.00. The minimum absolute atomic E-state index is 0.00136. The smallest absolute Gasteiger partial charge is 0.185 e.